The van der Waals surface area contributed by atoms with E-state index in [0.717, 1.165) is 12.1 Å². The number of alkyl halides is 3. The summed E-state index contributed by atoms with van der Waals surface area (Å²) in [5, 5.41) is 9.75. The zero-order valence-corrected chi connectivity index (χ0v) is 12.2. The summed E-state index contributed by atoms with van der Waals surface area (Å²) in [5.41, 5.74) is 0.761. The van der Waals surface area contributed by atoms with Crippen LogP contribution in [0.1, 0.15) is 5.56 Å². The van der Waals surface area contributed by atoms with Crippen LogP contribution in [0.2, 0.25) is 10.2 Å². The van der Waals surface area contributed by atoms with Gasteiger partial charge in [0.15, 0.2) is 5.15 Å². The van der Waals surface area contributed by atoms with E-state index in [1.165, 1.54) is 18.5 Å². The van der Waals surface area contributed by atoms with Crippen molar-refractivity contribution in [2.24, 2.45) is 0 Å². The zero-order chi connectivity index (χ0) is 16.1. The van der Waals surface area contributed by atoms with Gasteiger partial charge in [-0.3, -0.25) is 4.98 Å². The normalized spacial score (nSPS) is 12.0. The van der Waals surface area contributed by atoms with Crippen LogP contribution >= 0.6 is 23.2 Å². The predicted molar refractivity (Wildman–Crippen MR) is 76.5 cm³/mol. The molecular formula is C14H7Cl2F3N2O. The van der Waals surface area contributed by atoms with E-state index < -0.39 is 11.7 Å². The number of halogens is 5. The number of pyridine rings is 1. The molecule has 0 saturated heterocycles. The monoisotopic (exact) mass is 346 g/mol. The van der Waals surface area contributed by atoms with Crippen molar-refractivity contribution >= 4 is 23.2 Å². The Morgan fingerprint density at radius 2 is 1.77 bits per heavy atom. The molecule has 114 valence electrons. The molecule has 0 spiro atoms. The summed E-state index contributed by atoms with van der Waals surface area (Å²) in [6.45, 7) is 0. The molecule has 0 radical (unpaired) electrons. The quantitative estimate of drug-likeness (QED) is 0.484. The average molecular weight is 347 g/mol. The lowest BCUT2D eigenvalue weighted by molar-refractivity contribution is -0.137. The molecule has 2 heterocycles. The van der Waals surface area contributed by atoms with Crippen molar-refractivity contribution in [3.05, 3.63) is 52.4 Å². The Kier molecular flexibility index (Phi) is 3.45. The lowest BCUT2D eigenvalue weighted by atomic mass is 10.0. The van der Waals surface area contributed by atoms with Crippen LogP contribution in [0.15, 0.2) is 36.7 Å². The maximum atomic E-state index is 12.7. The van der Waals surface area contributed by atoms with Crippen LogP contribution in [0.4, 0.5) is 13.2 Å². The highest BCUT2D eigenvalue weighted by molar-refractivity contribution is 6.34. The topological polar surface area (TPSA) is 38.0 Å². The standard InChI is InChI=1S/C14H7Cl2F3N2O/c15-11-5-7(14(17,18)19)1-2-8(11)10-6-21(22)13(16)9-3-4-20-12(9)10/h1-6,22H. The van der Waals surface area contributed by atoms with Gasteiger partial charge >= 0.3 is 6.18 Å². The first-order valence-electron chi connectivity index (χ1n) is 6.01. The van der Waals surface area contributed by atoms with E-state index in [1.807, 2.05) is 0 Å². The van der Waals surface area contributed by atoms with Gasteiger partial charge in [0.1, 0.15) is 0 Å². The van der Waals surface area contributed by atoms with Crippen LogP contribution in [-0.2, 0) is 6.18 Å². The minimum Gasteiger partial charge on any atom is -0.428 e. The van der Waals surface area contributed by atoms with Crippen LogP contribution in [0.25, 0.3) is 22.4 Å². The summed E-state index contributed by atoms with van der Waals surface area (Å²) < 4.78 is 38.7. The smallest absolute Gasteiger partial charge is 0.416 e. The van der Waals surface area contributed by atoms with E-state index in [1.54, 1.807) is 6.07 Å². The number of hydrogen-bond donors (Lipinski definition) is 1. The molecule has 0 fully saturated rings. The molecule has 0 unspecified atom stereocenters. The first-order valence-corrected chi connectivity index (χ1v) is 6.76. The van der Waals surface area contributed by atoms with E-state index in [2.05, 4.69) is 4.98 Å². The van der Waals surface area contributed by atoms with Crippen molar-refractivity contribution in [1.82, 2.24) is 9.71 Å². The molecule has 0 atom stereocenters. The van der Waals surface area contributed by atoms with Crippen LogP contribution in [0.3, 0.4) is 0 Å². The van der Waals surface area contributed by atoms with Gasteiger partial charge < -0.3 is 5.21 Å². The van der Waals surface area contributed by atoms with Crippen molar-refractivity contribution < 1.29 is 18.4 Å². The molecule has 0 aliphatic carbocycles. The van der Waals surface area contributed by atoms with Gasteiger partial charge in [-0.25, -0.2) is 0 Å². The Labute approximate surface area is 132 Å². The lowest BCUT2D eigenvalue weighted by Gasteiger charge is -2.14. The molecule has 0 aromatic heterocycles. The number of benzene rings is 1. The van der Waals surface area contributed by atoms with Gasteiger partial charge in [0, 0.05) is 27.9 Å². The van der Waals surface area contributed by atoms with Crippen LogP contribution in [0.5, 0.6) is 0 Å². The van der Waals surface area contributed by atoms with Crippen molar-refractivity contribution in [2.75, 3.05) is 0 Å². The van der Waals surface area contributed by atoms with E-state index in [4.69, 9.17) is 23.2 Å². The molecule has 3 nitrogen and oxygen atoms in total. The highest BCUT2D eigenvalue weighted by Crippen LogP contribution is 2.41. The molecule has 0 bridgehead atoms. The third kappa shape index (κ3) is 2.38. The number of rotatable bonds is 1. The van der Waals surface area contributed by atoms with E-state index >= 15 is 0 Å². The van der Waals surface area contributed by atoms with Crippen molar-refractivity contribution in [3.63, 3.8) is 0 Å². The fourth-order valence-electron chi connectivity index (χ4n) is 2.19. The summed E-state index contributed by atoms with van der Waals surface area (Å²) in [4.78, 5) is 4.12. The molecule has 8 heteroatoms. The van der Waals surface area contributed by atoms with E-state index in [9.17, 15) is 18.4 Å². The van der Waals surface area contributed by atoms with E-state index in [0.29, 0.717) is 27.1 Å². The second kappa shape index (κ2) is 5.07. The van der Waals surface area contributed by atoms with Gasteiger partial charge in [0.05, 0.1) is 17.5 Å². The Morgan fingerprint density at radius 3 is 2.41 bits per heavy atom. The molecule has 3 rings (SSSR count). The third-order valence-electron chi connectivity index (χ3n) is 3.22. The average Bonchev–Trinajstić information content (AvgIpc) is 2.92. The summed E-state index contributed by atoms with van der Waals surface area (Å²) in [5.74, 6) is 0. The molecule has 2 aliphatic heterocycles. The number of aromatic nitrogens is 2. The molecule has 0 saturated carbocycles. The minimum absolute atomic E-state index is 0.0549. The second-order valence-corrected chi connectivity index (χ2v) is 5.34. The Morgan fingerprint density at radius 1 is 1.05 bits per heavy atom. The van der Waals surface area contributed by atoms with Gasteiger partial charge in [0.25, 0.3) is 0 Å². The number of fused-ring (bicyclic) bond motifs is 1. The highest BCUT2D eigenvalue weighted by atomic mass is 35.5. The van der Waals surface area contributed by atoms with Crippen molar-refractivity contribution in [2.45, 2.75) is 6.18 Å². The molecule has 1 aromatic carbocycles. The largest absolute Gasteiger partial charge is 0.428 e. The summed E-state index contributed by atoms with van der Waals surface area (Å²) >= 11 is 11.9. The van der Waals surface area contributed by atoms with Crippen LogP contribution in [-0.4, -0.2) is 14.9 Å². The van der Waals surface area contributed by atoms with Gasteiger partial charge in [-0.1, -0.05) is 29.3 Å². The Balaban J connectivity index is 2.21. The highest BCUT2D eigenvalue weighted by Gasteiger charge is 2.31. The second-order valence-electron chi connectivity index (χ2n) is 4.58. The van der Waals surface area contributed by atoms with Crippen LogP contribution in [0, 0.1) is 0 Å². The zero-order valence-electron chi connectivity index (χ0n) is 10.7. The van der Waals surface area contributed by atoms with Gasteiger partial charge in [0.2, 0.25) is 0 Å². The first-order chi connectivity index (χ1) is 10.3. The van der Waals surface area contributed by atoms with Gasteiger partial charge in [-0.05, 0) is 18.2 Å². The molecule has 2 aliphatic rings. The maximum absolute atomic E-state index is 12.7. The molecule has 0 amide bonds. The molecular weight excluding hydrogens is 340 g/mol. The third-order valence-corrected chi connectivity index (χ3v) is 3.91. The van der Waals surface area contributed by atoms with Gasteiger partial charge in [-0.2, -0.15) is 17.9 Å². The van der Waals surface area contributed by atoms with Crippen LogP contribution < -0.4 is 0 Å². The molecule has 1 aromatic rings. The van der Waals surface area contributed by atoms with Gasteiger partial charge in [-0.15, -0.1) is 0 Å². The summed E-state index contributed by atoms with van der Waals surface area (Å²) in [6.07, 6.45) is -1.74. The maximum Gasteiger partial charge on any atom is 0.416 e. The fraction of sp³-hybridized carbons (Fsp3) is 0.0714. The minimum atomic E-state index is -4.48. The van der Waals surface area contributed by atoms with Crippen molar-refractivity contribution in [1.29, 1.82) is 0 Å². The lowest BCUT2D eigenvalue weighted by Crippen LogP contribution is -2.05. The summed E-state index contributed by atoms with van der Waals surface area (Å²) in [6, 6.07) is 4.59. The predicted octanol–water partition coefficient (Wildman–Crippen LogP) is 5.22. The SMILES string of the molecule is On1cc(-c2ccc(C(F)(F)F)cc2Cl)c2nccc-2c1Cl. The first kappa shape index (κ1) is 15.0. The molecule has 1 N–H and O–H groups in total. The Hall–Kier alpha value is -1.92. The number of hydrogen-bond acceptors (Lipinski definition) is 2. The molecule has 22 heavy (non-hydrogen) atoms. The van der Waals surface area contributed by atoms with E-state index in [-0.39, 0.29) is 10.2 Å². The fourth-order valence-corrected chi connectivity index (χ4v) is 2.67. The summed E-state index contributed by atoms with van der Waals surface area (Å²) in [7, 11) is 0. The van der Waals surface area contributed by atoms with Crippen molar-refractivity contribution in [3.8, 4) is 22.4 Å². The number of nitrogens with zero attached hydrogens (tertiary/aromatic N) is 2. The Bertz CT molecular complexity index is 830.